The first kappa shape index (κ1) is 14.4. The summed E-state index contributed by atoms with van der Waals surface area (Å²) in [6, 6.07) is 8.69. The fraction of sp³-hybridized carbons (Fsp3) is 0.588. The van der Waals surface area contributed by atoms with Crippen LogP contribution in [-0.4, -0.2) is 43.0 Å². The standard InChI is InChI=1S/C17H25N3O/c1-2-20-11-5-6-13(20)12-19-17(21)15-9-10-18-16-8-4-3-7-14(15)16/h3-4,7-8,13,15,18H,2,5-6,9-12H2,1H3,(H,19,21). The molecule has 114 valence electrons. The zero-order valence-electron chi connectivity index (χ0n) is 12.8. The number of carbonyl (C=O) groups is 1. The number of carbonyl (C=O) groups excluding carboxylic acids is 1. The normalized spacial score (nSPS) is 25.2. The van der Waals surface area contributed by atoms with Crippen molar-refractivity contribution in [1.82, 2.24) is 10.2 Å². The molecule has 0 radical (unpaired) electrons. The topological polar surface area (TPSA) is 44.4 Å². The number of benzene rings is 1. The van der Waals surface area contributed by atoms with Gasteiger partial charge in [-0.1, -0.05) is 25.1 Å². The van der Waals surface area contributed by atoms with Gasteiger partial charge >= 0.3 is 0 Å². The van der Waals surface area contributed by atoms with E-state index in [4.69, 9.17) is 0 Å². The van der Waals surface area contributed by atoms with Crippen LogP contribution in [0.3, 0.4) is 0 Å². The van der Waals surface area contributed by atoms with Gasteiger partial charge in [0.15, 0.2) is 0 Å². The molecule has 0 spiro atoms. The largest absolute Gasteiger partial charge is 0.385 e. The van der Waals surface area contributed by atoms with E-state index in [0.29, 0.717) is 6.04 Å². The molecule has 2 heterocycles. The highest BCUT2D eigenvalue weighted by Crippen LogP contribution is 2.31. The van der Waals surface area contributed by atoms with Crippen molar-refractivity contribution in [2.45, 2.75) is 38.1 Å². The van der Waals surface area contributed by atoms with Crippen LogP contribution in [0, 0.1) is 0 Å². The molecule has 4 heteroatoms. The van der Waals surface area contributed by atoms with Crippen LogP contribution in [-0.2, 0) is 4.79 Å². The Morgan fingerprint density at radius 3 is 3.10 bits per heavy atom. The van der Waals surface area contributed by atoms with Crippen molar-refractivity contribution in [2.24, 2.45) is 0 Å². The third kappa shape index (κ3) is 3.05. The van der Waals surface area contributed by atoms with Gasteiger partial charge < -0.3 is 10.6 Å². The first-order chi connectivity index (χ1) is 10.3. The number of para-hydroxylation sites is 1. The van der Waals surface area contributed by atoms with Gasteiger partial charge in [-0.2, -0.15) is 0 Å². The summed E-state index contributed by atoms with van der Waals surface area (Å²) >= 11 is 0. The van der Waals surface area contributed by atoms with Gasteiger partial charge in [0, 0.05) is 24.8 Å². The number of rotatable bonds is 4. The second-order valence-corrected chi connectivity index (χ2v) is 6.03. The number of likely N-dealkylation sites (N-methyl/N-ethyl adjacent to an activating group) is 1. The number of anilines is 1. The van der Waals surface area contributed by atoms with Gasteiger partial charge in [0.25, 0.3) is 0 Å². The Morgan fingerprint density at radius 2 is 2.24 bits per heavy atom. The highest BCUT2D eigenvalue weighted by atomic mass is 16.1. The molecular formula is C17H25N3O. The molecule has 0 aliphatic carbocycles. The number of fused-ring (bicyclic) bond motifs is 1. The van der Waals surface area contributed by atoms with Crippen molar-refractivity contribution in [3.05, 3.63) is 29.8 Å². The first-order valence-corrected chi connectivity index (χ1v) is 8.14. The number of hydrogen-bond donors (Lipinski definition) is 2. The molecule has 21 heavy (non-hydrogen) atoms. The first-order valence-electron chi connectivity index (χ1n) is 8.14. The van der Waals surface area contributed by atoms with E-state index in [0.717, 1.165) is 37.3 Å². The molecule has 1 amide bonds. The molecule has 1 fully saturated rings. The highest BCUT2D eigenvalue weighted by molar-refractivity contribution is 5.86. The van der Waals surface area contributed by atoms with Crippen molar-refractivity contribution in [2.75, 3.05) is 31.5 Å². The molecule has 1 aromatic carbocycles. The van der Waals surface area contributed by atoms with Crippen LogP contribution in [0.4, 0.5) is 5.69 Å². The smallest absolute Gasteiger partial charge is 0.227 e. The lowest BCUT2D eigenvalue weighted by molar-refractivity contribution is -0.122. The molecule has 2 unspecified atom stereocenters. The van der Waals surface area contributed by atoms with E-state index in [9.17, 15) is 4.79 Å². The number of nitrogens with one attached hydrogen (secondary N) is 2. The molecule has 3 rings (SSSR count). The molecule has 2 N–H and O–H groups in total. The van der Waals surface area contributed by atoms with E-state index in [1.807, 2.05) is 12.1 Å². The summed E-state index contributed by atoms with van der Waals surface area (Å²) in [4.78, 5) is 15.0. The average Bonchev–Trinajstić information content (AvgIpc) is 2.99. The van der Waals surface area contributed by atoms with E-state index in [1.165, 1.54) is 19.4 Å². The number of nitrogens with zero attached hydrogens (tertiary/aromatic N) is 1. The Hall–Kier alpha value is -1.55. The summed E-state index contributed by atoms with van der Waals surface area (Å²) in [5.74, 6) is 0.186. The zero-order chi connectivity index (χ0) is 14.7. The van der Waals surface area contributed by atoms with Crippen LogP contribution >= 0.6 is 0 Å². The lowest BCUT2D eigenvalue weighted by atomic mass is 9.90. The number of likely N-dealkylation sites (tertiary alicyclic amines) is 1. The quantitative estimate of drug-likeness (QED) is 0.892. The van der Waals surface area contributed by atoms with Gasteiger partial charge in [0.1, 0.15) is 0 Å². The number of hydrogen-bond acceptors (Lipinski definition) is 3. The molecule has 2 aliphatic rings. The van der Waals surface area contributed by atoms with Crippen LogP contribution in [0.1, 0.15) is 37.7 Å². The van der Waals surface area contributed by atoms with Gasteiger partial charge in [-0.15, -0.1) is 0 Å². The van der Waals surface area contributed by atoms with Gasteiger partial charge in [0.05, 0.1) is 5.92 Å². The average molecular weight is 287 g/mol. The maximum absolute atomic E-state index is 12.6. The molecule has 2 atom stereocenters. The predicted octanol–water partition coefficient (Wildman–Crippen LogP) is 2.19. The Labute approximate surface area is 126 Å². The minimum absolute atomic E-state index is 0.000991. The highest BCUT2D eigenvalue weighted by Gasteiger charge is 2.28. The van der Waals surface area contributed by atoms with E-state index in [-0.39, 0.29) is 11.8 Å². The van der Waals surface area contributed by atoms with Crippen molar-refractivity contribution in [3.8, 4) is 0 Å². The van der Waals surface area contributed by atoms with Crippen LogP contribution in [0.5, 0.6) is 0 Å². The summed E-state index contributed by atoms with van der Waals surface area (Å²) in [7, 11) is 0. The molecule has 0 saturated carbocycles. The molecule has 0 aromatic heterocycles. The van der Waals surface area contributed by atoms with E-state index in [1.54, 1.807) is 0 Å². The Kier molecular flexibility index (Phi) is 4.44. The van der Waals surface area contributed by atoms with Crippen molar-refractivity contribution >= 4 is 11.6 Å². The molecule has 1 aromatic rings. The monoisotopic (exact) mass is 287 g/mol. The molecule has 4 nitrogen and oxygen atoms in total. The Morgan fingerprint density at radius 1 is 1.38 bits per heavy atom. The fourth-order valence-corrected chi connectivity index (χ4v) is 3.63. The number of amides is 1. The molecular weight excluding hydrogens is 262 g/mol. The van der Waals surface area contributed by atoms with Gasteiger partial charge in [-0.05, 0) is 44.0 Å². The second-order valence-electron chi connectivity index (χ2n) is 6.03. The maximum Gasteiger partial charge on any atom is 0.227 e. The van der Waals surface area contributed by atoms with Crippen molar-refractivity contribution in [1.29, 1.82) is 0 Å². The molecule has 1 saturated heterocycles. The van der Waals surface area contributed by atoms with Gasteiger partial charge in [-0.25, -0.2) is 0 Å². The zero-order valence-corrected chi connectivity index (χ0v) is 12.8. The third-order valence-electron chi connectivity index (χ3n) is 4.82. The summed E-state index contributed by atoms with van der Waals surface area (Å²) in [6.07, 6.45) is 3.34. The molecule has 0 bridgehead atoms. The predicted molar refractivity (Wildman–Crippen MR) is 85.6 cm³/mol. The van der Waals surface area contributed by atoms with Crippen LogP contribution in [0.15, 0.2) is 24.3 Å². The summed E-state index contributed by atoms with van der Waals surface area (Å²) in [5, 5.41) is 6.56. The van der Waals surface area contributed by atoms with Crippen LogP contribution in [0.25, 0.3) is 0 Å². The van der Waals surface area contributed by atoms with Crippen molar-refractivity contribution in [3.63, 3.8) is 0 Å². The summed E-state index contributed by atoms with van der Waals surface area (Å²) in [6.45, 7) is 6.12. The van der Waals surface area contributed by atoms with Crippen LogP contribution < -0.4 is 10.6 Å². The summed E-state index contributed by atoms with van der Waals surface area (Å²) < 4.78 is 0. The van der Waals surface area contributed by atoms with E-state index in [2.05, 4.69) is 34.6 Å². The minimum atomic E-state index is -0.000991. The minimum Gasteiger partial charge on any atom is -0.385 e. The maximum atomic E-state index is 12.6. The fourth-order valence-electron chi connectivity index (χ4n) is 3.63. The lowest BCUT2D eigenvalue weighted by Gasteiger charge is -2.28. The summed E-state index contributed by atoms with van der Waals surface area (Å²) in [5.41, 5.74) is 2.25. The third-order valence-corrected chi connectivity index (χ3v) is 4.82. The Balaban J connectivity index is 1.61. The second kappa shape index (κ2) is 6.48. The Bertz CT molecular complexity index is 503. The van der Waals surface area contributed by atoms with E-state index < -0.39 is 0 Å². The van der Waals surface area contributed by atoms with Gasteiger partial charge in [0.2, 0.25) is 5.91 Å². The SMILES string of the molecule is CCN1CCCC1CNC(=O)C1CCNc2ccccc21. The van der Waals surface area contributed by atoms with Crippen LogP contribution in [0.2, 0.25) is 0 Å². The van der Waals surface area contributed by atoms with Crippen molar-refractivity contribution < 1.29 is 4.79 Å². The lowest BCUT2D eigenvalue weighted by Crippen LogP contribution is -2.42. The van der Waals surface area contributed by atoms with Gasteiger partial charge in [-0.3, -0.25) is 9.69 Å². The van der Waals surface area contributed by atoms with E-state index >= 15 is 0 Å². The molecule has 2 aliphatic heterocycles.